The van der Waals surface area contributed by atoms with Crippen molar-refractivity contribution in [2.45, 2.75) is 38.3 Å². The zero-order chi connectivity index (χ0) is 13.7. The average molecular weight is 266 g/mol. The van der Waals surface area contributed by atoms with Crippen LogP contribution in [0.4, 0.5) is 4.39 Å². The van der Waals surface area contributed by atoms with Crippen molar-refractivity contribution in [2.24, 2.45) is 5.73 Å². The third-order valence-corrected chi connectivity index (χ3v) is 3.87. The summed E-state index contributed by atoms with van der Waals surface area (Å²) < 4.78 is 18.6. The first kappa shape index (κ1) is 14.3. The quantitative estimate of drug-likeness (QED) is 0.910. The molecule has 1 aliphatic heterocycles. The first-order valence-corrected chi connectivity index (χ1v) is 7.01. The van der Waals surface area contributed by atoms with Gasteiger partial charge in [-0.25, -0.2) is 4.39 Å². The molecule has 2 rings (SSSR count). The van der Waals surface area contributed by atoms with Crippen LogP contribution < -0.4 is 10.5 Å². The lowest BCUT2D eigenvalue weighted by Gasteiger charge is -2.29. The van der Waals surface area contributed by atoms with Crippen molar-refractivity contribution in [1.82, 2.24) is 4.90 Å². The first-order chi connectivity index (χ1) is 9.24. The lowest BCUT2D eigenvalue weighted by Crippen LogP contribution is -2.39. The molecule has 0 radical (unpaired) electrons. The van der Waals surface area contributed by atoms with Gasteiger partial charge in [-0.2, -0.15) is 0 Å². The molecule has 1 heterocycles. The molecule has 106 valence electrons. The van der Waals surface area contributed by atoms with Crippen LogP contribution in [0.3, 0.4) is 0 Å². The highest BCUT2D eigenvalue weighted by atomic mass is 19.1. The number of halogens is 1. The van der Waals surface area contributed by atoms with Crippen molar-refractivity contribution in [3.8, 4) is 5.75 Å². The fourth-order valence-electron chi connectivity index (χ4n) is 2.75. The van der Waals surface area contributed by atoms with Gasteiger partial charge in [-0.1, -0.05) is 18.9 Å². The van der Waals surface area contributed by atoms with E-state index in [4.69, 9.17) is 10.5 Å². The molecule has 1 saturated heterocycles. The summed E-state index contributed by atoms with van der Waals surface area (Å²) in [5.74, 6) is 0.00844. The number of hydrogen-bond donors (Lipinski definition) is 1. The minimum Gasteiger partial charge on any atom is -0.494 e. The van der Waals surface area contributed by atoms with E-state index in [1.807, 2.05) is 6.07 Å². The van der Waals surface area contributed by atoms with Crippen molar-refractivity contribution in [2.75, 3.05) is 20.2 Å². The average Bonchev–Trinajstić information content (AvgIpc) is 2.64. The van der Waals surface area contributed by atoms with Gasteiger partial charge in [-0.3, -0.25) is 4.90 Å². The van der Waals surface area contributed by atoms with Gasteiger partial charge in [0.1, 0.15) is 0 Å². The van der Waals surface area contributed by atoms with Gasteiger partial charge in [-0.15, -0.1) is 0 Å². The van der Waals surface area contributed by atoms with Crippen LogP contribution in [0.2, 0.25) is 0 Å². The summed E-state index contributed by atoms with van der Waals surface area (Å²) in [5, 5.41) is 0. The van der Waals surface area contributed by atoms with E-state index < -0.39 is 0 Å². The molecule has 0 spiro atoms. The minimum absolute atomic E-state index is 0.292. The van der Waals surface area contributed by atoms with Crippen molar-refractivity contribution in [3.05, 3.63) is 29.6 Å². The zero-order valence-electron chi connectivity index (χ0n) is 11.6. The van der Waals surface area contributed by atoms with E-state index in [2.05, 4.69) is 4.90 Å². The maximum atomic E-state index is 13.7. The van der Waals surface area contributed by atoms with Crippen LogP contribution in [0.25, 0.3) is 0 Å². The smallest absolute Gasteiger partial charge is 0.165 e. The Labute approximate surface area is 114 Å². The second-order valence-electron chi connectivity index (χ2n) is 5.18. The van der Waals surface area contributed by atoms with Gasteiger partial charge in [-0.05, 0) is 37.1 Å². The van der Waals surface area contributed by atoms with Crippen LogP contribution in [0.5, 0.6) is 5.75 Å². The highest BCUT2D eigenvalue weighted by molar-refractivity contribution is 5.29. The van der Waals surface area contributed by atoms with Crippen LogP contribution in [0, 0.1) is 5.82 Å². The van der Waals surface area contributed by atoms with E-state index in [-0.39, 0.29) is 5.82 Å². The lowest BCUT2D eigenvalue weighted by atomic mass is 10.1. The summed E-state index contributed by atoms with van der Waals surface area (Å²) in [7, 11) is 1.48. The van der Waals surface area contributed by atoms with Crippen LogP contribution in [-0.2, 0) is 6.54 Å². The van der Waals surface area contributed by atoms with Crippen LogP contribution in [-0.4, -0.2) is 31.1 Å². The highest BCUT2D eigenvalue weighted by Crippen LogP contribution is 2.22. The van der Waals surface area contributed by atoms with Crippen LogP contribution in [0.15, 0.2) is 18.2 Å². The van der Waals surface area contributed by atoms with Gasteiger partial charge in [0.25, 0.3) is 0 Å². The predicted octanol–water partition coefficient (Wildman–Crippen LogP) is 2.54. The molecule has 19 heavy (non-hydrogen) atoms. The summed E-state index contributed by atoms with van der Waals surface area (Å²) in [6.07, 6.45) is 4.86. The summed E-state index contributed by atoms with van der Waals surface area (Å²) in [6, 6.07) is 5.62. The highest BCUT2D eigenvalue weighted by Gasteiger charge is 2.20. The molecule has 0 aromatic heterocycles. The molecule has 0 saturated carbocycles. The molecular formula is C15H23FN2O. The second-order valence-corrected chi connectivity index (χ2v) is 5.18. The van der Waals surface area contributed by atoms with Gasteiger partial charge in [0.05, 0.1) is 7.11 Å². The molecule has 1 aliphatic rings. The molecule has 1 fully saturated rings. The number of benzene rings is 1. The number of rotatable bonds is 4. The standard InChI is InChI=1S/C15H23FN2O/c1-19-15-7-6-12(9-14(15)16)11-18-8-4-2-3-5-13(18)10-17/h6-7,9,13H,2-5,8,10-11,17H2,1H3. The Morgan fingerprint density at radius 1 is 1.37 bits per heavy atom. The molecule has 2 N–H and O–H groups in total. The molecule has 0 bridgehead atoms. The van der Waals surface area contributed by atoms with E-state index in [1.165, 1.54) is 26.4 Å². The normalized spacial score (nSPS) is 21.1. The summed E-state index contributed by atoms with van der Waals surface area (Å²) in [5.41, 5.74) is 6.84. The van der Waals surface area contributed by atoms with E-state index in [1.54, 1.807) is 12.1 Å². The molecule has 3 nitrogen and oxygen atoms in total. The number of methoxy groups -OCH3 is 1. The maximum Gasteiger partial charge on any atom is 0.165 e. The van der Waals surface area contributed by atoms with E-state index in [0.29, 0.717) is 18.3 Å². The molecule has 1 aromatic rings. The SMILES string of the molecule is COc1ccc(CN2CCCCCC2CN)cc1F. The topological polar surface area (TPSA) is 38.5 Å². The minimum atomic E-state index is -0.292. The number of hydrogen-bond acceptors (Lipinski definition) is 3. The summed E-state index contributed by atoms with van der Waals surface area (Å²) >= 11 is 0. The van der Waals surface area contributed by atoms with Crippen molar-refractivity contribution < 1.29 is 9.13 Å². The molecule has 1 atom stereocenters. The van der Waals surface area contributed by atoms with E-state index in [0.717, 1.165) is 25.1 Å². The van der Waals surface area contributed by atoms with E-state index >= 15 is 0 Å². The Kier molecular flexibility index (Phi) is 5.16. The van der Waals surface area contributed by atoms with Crippen molar-refractivity contribution >= 4 is 0 Å². The number of likely N-dealkylation sites (tertiary alicyclic amines) is 1. The Morgan fingerprint density at radius 2 is 2.21 bits per heavy atom. The monoisotopic (exact) mass is 266 g/mol. The van der Waals surface area contributed by atoms with Gasteiger partial charge >= 0.3 is 0 Å². The maximum absolute atomic E-state index is 13.7. The lowest BCUT2D eigenvalue weighted by molar-refractivity contribution is 0.195. The largest absolute Gasteiger partial charge is 0.494 e. The molecule has 0 amide bonds. The van der Waals surface area contributed by atoms with Gasteiger partial charge in [0, 0.05) is 19.1 Å². The number of nitrogens with two attached hydrogens (primary N) is 1. The molecule has 4 heteroatoms. The Morgan fingerprint density at radius 3 is 2.89 bits per heavy atom. The van der Waals surface area contributed by atoms with Gasteiger partial charge in [0.2, 0.25) is 0 Å². The molecule has 1 unspecified atom stereocenters. The first-order valence-electron chi connectivity index (χ1n) is 7.01. The third kappa shape index (κ3) is 3.67. The van der Waals surface area contributed by atoms with E-state index in [9.17, 15) is 4.39 Å². The number of nitrogens with zero attached hydrogens (tertiary/aromatic N) is 1. The Balaban J connectivity index is 2.07. The van der Waals surface area contributed by atoms with Crippen LogP contribution in [0.1, 0.15) is 31.2 Å². The molecule has 1 aromatic carbocycles. The van der Waals surface area contributed by atoms with Crippen molar-refractivity contribution in [3.63, 3.8) is 0 Å². The van der Waals surface area contributed by atoms with Gasteiger partial charge in [0.15, 0.2) is 11.6 Å². The second kappa shape index (κ2) is 6.87. The van der Waals surface area contributed by atoms with Crippen molar-refractivity contribution in [1.29, 1.82) is 0 Å². The number of ether oxygens (including phenoxy) is 1. The molecule has 0 aliphatic carbocycles. The summed E-state index contributed by atoms with van der Waals surface area (Å²) in [6.45, 7) is 2.50. The Hall–Kier alpha value is -1.13. The van der Waals surface area contributed by atoms with Gasteiger partial charge < -0.3 is 10.5 Å². The fourth-order valence-corrected chi connectivity index (χ4v) is 2.75. The Bertz CT molecular complexity index is 411. The third-order valence-electron chi connectivity index (χ3n) is 3.87. The predicted molar refractivity (Wildman–Crippen MR) is 74.7 cm³/mol. The fraction of sp³-hybridized carbons (Fsp3) is 0.600. The molecular weight excluding hydrogens is 243 g/mol. The van der Waals surface area contributed by atoms with Crippen LogP contribution >= 0.6 is 0 Å². The summed E-state index contributed by atoms with van der Waals surface area (Å²) in [4.78, 5) is 2.38. The zero-order valence-corrected chi connectivity index (χ0v) is 11.6.